The minimum Gasteiger partial charge on any atom is -0.352 e. The molecule has 2 heterocycles. The van der Waals surface area contributed by atoms with E-state index in [0.29, 0.717) is 0 Å². The summed E-state index contributed by atoms with van der Waals surface area (Å²) in [5.41, 5.74) is 9.91. The third kappa shape index (κ3) is 2.25. The molecule has 0 radical (unpaired) electrons. The monoisotopic (exact) mass is 360 g/mol. The molecule has 0 fully saturated rings. The van der Waals surface area contributed by atoms with Crippen molar-refractivity contribution in [2.45, 2.75) is 0 Å². The van der Waals surface area contributed by atoms with Crippen LogP contribution in [0.3, 0.4) is 0 Å². The second-order valence-corrected chi connectivity index (χ2v) is 6.92. The number of hydrogen-bond acceptors (Lipinski definition) is 4. The van der Waals surface area contributed by atoms with E-state index in [4.69, 9.17) is 9.97 Å². The van der Waals surface area contributed by atoms with Crippen molar-refractivity contribution in [2.24, 2.45) is 0 Å². The Bertz CT molecular complexity index is 1360. The second kappa shape index (κ2) is 5.79. The smallest absolute Gasteiger partial charge is 0.0995 e. The van der Waals surface area contributed by atoms with Crippen molar-refractivity contribution in [2.75, 3.05) is 10.6 Å². The normalized spacial score (nSPS) is 12.1. The first-order valence-corrected chi connectivity index (χ1v) is 9.29. The Labute approximate surface area is 161 Å². The van der Waals surface area contributed by atoms with Crippen LogP contribution in [0.15, 0.2) is 84.9 Å². The number of aromatic nitrogens is 2. The summed E-state index contributed by atoms with van der Waals surface area (Å²) in [5.74, 6) is 0. The fraction of sp³-hybridized carbons (Fsp3) is 0. The summed E-state index contributed by atoms with van der Waals surface area (Å²) >= 11 is 0. The fourth-order valence-corrected chi connectivity index (χ4v) is 3.86. The highest BCUT2D eigenvalue weighted by molar-refractivity contribution is 6.09. The van der Waals surface area contributed by atoms with Gasteiger partial charge >= 0.3 is 0 Å². The molecule has 6 rings (SSSR count). The molecule has 1 aromatic heterocycles. The van der Waals surface area contributed by atoms with E-state index in [1.165, 1.54) is 0 Å². The summed E-state index contributed by atoms with van der Waals surface area (Å²) in [6.07, 6.45) is 0. The predicted molar refractivity (Wildman–Crippen MR) is 115 cm³/mol. The maximum atomic E-state index is 4.99. The molecular formula is C24H16N4. The van der Waals surface area contributed by atoms with E-state index < -0.39 is 0 Å². The van der Waals surface area contributed by atoms with Crippen LogP contribution in [-0.2, 0) is 0 Å². The lowest BCUT2D eigenvalue weighted by molar-refractivity contribution is 1.37. The lowest BCUT2D eigenvalue weighted by Crippen LogP contribution is -2.08. The minimum atomic E-state index is 0.880. The number of benzene rings is 4. The van der Waals surface area contributed by atoms with Crippen LogP contribution in [0.5, 0.6) is 0 Å². The molecule has 132 valence electrons. The summed E-state index contributed by atoms with van der Waals surface area (Å²) in [6, 6.07) is 28.7. The Morgan fingerprint density at radius 2 is 1.18 bits per heavy atom. The number of rotatable bonds is 1. The molecule has 28 heavy (non-hydrogen) atoms. The highest BCUT2D eigenvalue weighted by Gasteiger charge is 2.22. The van der Waals surface area contributed by atoms with Gasteiger partial charge < -0.3 is 10.6 Å². The van der Waals surface area contributed by atoms with E-state index in [1.807, 2.05) is 42.5 Å². The van der Waals surface area contributed by atoms with Gasteiger partial charge in [0.1, 0.15) is 0 Å². The second-order valence-electron chi connectivity index (χ2n) is 6.92. The van der Waals surface area contributed by atoms with Gasteiger partial charge in [0.05, 0.1) is 44.8 Å². The largest absolute Gasteiger partial charge is 0.352 e. The van der Waals surface area contributed by atoms with Crippen LogP contribution >= 0.6 is 0 Å². The Morgan fingerprint density at radius 3 is 1.96 bits per heavy atom. The molecule has 0 atom stereocenters. The summed E-state index contributed by atoms with van der Waals surface area (Å²) in [7, 11) is 0. The predicted octanol–water partition coefficient (Wildman–Crippen LogP) is 6.25. The van der Waals surface area contributed by atoms with Gasteiger partial charge in [-0.3, -0.25) is 0 Å². The molecule has 0 bridgehead atoms. The molecule has 0 aliphatic carbocycles. The van der Waals surface area contributed by atoms with Crippen LogP contribution in [-0.4, -0.2) is 9.97 Å². The van der Waals surface area contributed by atoms with Gasteiger partial charge in [-0.2, -0.15) is 0 Å². The van der Waals surface area contributed by atoms with E-state index in [2.05, 4.69) is 53.1 Å². The summed E-state index contributed by atoms with van der Waals surface area (Å²) < 4.78 is 0. The quantitative estimate of drug-likeness (QED) is 0.340. The molecular weight excluding hydrogens is 344 g/mol. The molecule has 0 saturated carbocycles. The fourth-order valence-electron chi connectivity index (χ4n) is 3.86. The van der Waals surface area contributed by atoms with Gasteiger partial charge in [0.15, 0.2) is 0 Å². The summed E-state index contributed by atoms with van der Waals surface area (Å²) in [5, 5.41) is 7.18. The summed E-state index contributed by atoms with van der Waals surface area (Å²) in [4.78, 5) is 9.89. The molecule has 0 spiro atoms. The molecule has 4 heteroatoms. The Kier molecular flexibility index (Phi) is 3.14. The van der Waals surface area contributed by atoms with Crippen molar-refractivity contribution >= 4 is 44.8 Å². The molecule has 5 aromatic rings. The first kappa shape index (κ1) is 15.2. The van der Waals surface area contributed by atoms with E-state index in [0.717, 1.165) is 55.9 Å². The van der Waals surface area contributed by atoms with E-state index >= 15 is 0 Å². The SMILES string of the molecule is c1ccc(-c2c3c(cc4nc5ccccc5nc24)Nc2ccccc2N3)cc1. The van der Waals surface area contributed by atoms with E-state index in [9.17, 15) is 0 Å². The lowest BCUT2D eigenvalue weighted by Gasteiger charge is -2.26. The van der Waals surface area contributed by atoms with Crippen LogP contribution < -0.4 is 10.6 Å². The van der Waals surface area contributed by atoms with Crippen molar-refractivity contribution in [1.82, 2.24) is 9.97 Å². The molecule has 0 saturated heterocycles. The van der Waals surface area contributed by atoms with E-state index in [1.54, 1.807) is 0 Å². The maximum Gasteiger partial charge on any atom is 0.0995 e. The molecule has 0 unspecified atom stereocenters. The molecule has 1 aliphatic rings. The Morgan fingerprint density at radius 1 is 0.536 bits per heavy atom. The third-order valence-corrected chi connectivity index (χ3v) is 5.15. The zero-order valence-corrected chi connectivity index (χ0v) is 15.0. The third-order valence-electron chi connectivity index (χ3n) is 5.15. The Hall–Kier alpha value is -3.92. The van der Waals surface area contributed by atoms with Crippen LogP contribution in [0.2, 0.25) is 0 Å². The first-order valence-electron chi connectivity index (χ1n) is 9.29. The van der Waals surface area contributed by atoms with Crippen molar-refractivity contribution in [1.29, 1.82) is 0 Å². The maximum absolute atomic E-state index is 4.99. The Balaban J connectivity index is 1.72. The average molecular weight is 360 g/mol. The van der Waals surface area contributed by atoms with Crippen molar-refractivity contribution < 1.29 is 0 Å². The van der Waals surface area contributed by atoms with Crippen LogP contribution in [0, 0.1) is 0 Å². The highest BCUT2D eigenvalue weighted by Crippen LogP contribution is 2.46. The van der Waals surface area contributed by atoms with Crippen molar-refractivity contribution in [3.8, 4) is 11.1 Å². The number of nitrogens with one attached hydrogen (secondary N) is 2. The standard InChI is InChI=1S/C24H16N4/c1-2-8-15(9-3-1)22-23-20(25-16-10-4-6-12-18(16)27-23)14-21-24(22)28-19-13-7-5-11-17(19)26-21/h1-14,25,27H. The van der Waals surface area contributed by atoms with Gasteiger partial charge in [-0.25, -0.2) is 9.97 Å². The van der Waals surface area contributed by atoms with Crippen molar-refractivity contribution in [3.63, 3.8) is 0 Å². The number of hydrogen-bond donors (Lipinski definition) is 2. The minimum absolute atomic E-state index is 0.880. The van der Waals surface area contributed by atoms with Crippen LogP contribution in [0.1, 0.15) is 0 Å². The number of fused-ring (bicyclic) bond motifs is 4. The molecule has 0 amide bonds. The number of anilines is 4. The van der Waals surface area contributed by atoms with Gasteiger partial charge in [-0.1, -0.05) is 54.6 Å². The topological polar surface area (TPSA) is 49.8 Å². The number of para-hydroxylation sites is 4. The van der Waals surface area contributed by atoms with Gasteiger partial charge in [0.25, 0.3) is 0 Å². The van der Waals surface area contributed by atoms with Gasteiger partial charge in [0, 0.05) is 5.56 Å². The van der Waals surface area contributed by atoms with Crippen LogP contribution in [0.4, 0.5) is 22.7 Å². The summed E-state index contributed by atoms with van der Waals surface area (Å²) in [6.45, 7) is 0. The molecule has 2 N–H and O–H groups in total. The molecule has 4 nitrogen and oxygen atoms in total. The number of nitrogens with zero attached hydrogens (tertiary/aromatic N) is 2. The first-order chi connectivity index (χ1) is 13.9. The highest BCUT2D eigenvalue weighted by atomic mass is 15.0. The van der Waals surface area contributed by atoms with E-state index in [-0.39, 0.29) is 0 Å². The van der Waals surface area contributed by atoms with Crippen molar-refractivity contribution in [3.05, 3.63) is 84.9 Å². The zero-order valence-electron chi connectivity index (χ0n) is 15.0. The lowest BCUT2D eigenvalue weighted by atomic mass is 9.98. The molecule has 1 aliphatic heterocycles. The zero-order chi connectivity index (χ0) is 18.5. The van der Waals surface area contributed by atoms with Gasteiger partial charge in [-0.15, -0.1) is 0 Å². The van der Waals surface area contributed by atoms with Gasteiger partial charge in [-0.05, 0) is 35.9 Å². The van der Waals surface area contributed by atoms with Gasteiger partial charge in [0.2, 0.25) is 0 Å². The molecule has 4 aromatic carbocycles. The van der Waals surface area contributed by atoms with Crippen LogP contribution in [0.25, 0.3) is 33.2 Å². The average Bonchev–Trinajstić information content (AvgIpc) is 2.75.